The van der Waals surface area contributed by atoms with Crippen LogP contribution in [0, 0.1) is 5.41 Å². The number of carbonyl (C=O) groups is 3. The quantitative estimate of drug-likeness (QED) is 0.614. The summed E-state index contributed by atoms with van der Waals surface area (Å²) in [4.78, 5) is 39.4. The number of carbonyl (C=O) groups excluding carboxylic acids is 3. The molecule has 3 N–H and O–H groups in total. The second-order valence-corrected chi connectivity index (χ2v) is 9.12. The van der Waals surface area contributed by atoms with Gasteiger partial charge in [-0.2, -0.15) is 13.2 Å². The Hall–Kier alpha value is -3.27. The van der Waals surface area contributed by atoms with E-state index in [1.807, 2.05) is 0 Å². The molecule has 1 heterocycles. The summed E-state index contributed by atoms with van der Waals surface area (Å²) in [6, 6.07) is 9.96. The Labute approximate surface area is 205 Å². The summed E-state index contributed by atoms with van der Waals surface area (Å²) < 4.78 is 42.0. The Morgan fingerprint density at radius 3 is 2.54 bits per heavy atom. The van der Waals surface area contributed by atoms with E-state index >= 15 is 0 Å². The molecule has 3 rings (SSSR count). The van der Waals surface area contributed by atoms with E-state index in [-0.39, 0.29) is 35.2 Å². The first-order chi connectivity index (χ1) is 16.3. The van der Waals surface area contributed by atoms with Crippen molar-refractivity contribution in [2.45, 2.75) is 38.9 Å². The molecule has 2 aromatic rings. The molecule has 2 atom stereocenters. The zero-order chi connectivity index (χ0) is 26.0. The summed E-state index contributed by atoms with van der Waals surface area (Å²) in [5, 5.41) is 2.57. The third-order valence-electron chi connectivity index (χ3n) is 5.89. The average Bonchev–Trinajstić information content (AvgIpc) is 2.93. The van der Waals surface area contributed by atoms with Crippen LogP contribution in [0.15, 0.2) is 42.5 Å². The van der Waals surface area contributed by atoms with Crippen molar-refractivity contribution >= 4 is 35.0 Å². The molecule has 1 aliphatic rings. The molecule has 35 heavy (non-hydrogen) atoms. The molecule has 0 saturated heterocycles. The molecule has 188 valence electrons. The minimum atomic E-state index is -4.51. The first kappa shape index (κ1) is 26.3. The van der Waals surface area contributed by atoms with Crippen LogP contribution >= 0.6 is 11.6 Å². The van der Waals surface area contributed by atoms with Crippen molar-refractivity contribution in [1.29, 1.82) is 0 Å². The molecule has 2 aromatic carbocycles. The standard InChI is InChI=1S/C24H25ClF3N3O4/c1-14(20(29)32)30-22(34)23(2)9-10-31(19-6-4-3-5-15(19)12-23)21(33)17-8-7-16(11-18(17)25)35-13-24(26,27)28/h3-8,11,14H,9-10,12-13H2,1-2H3,(H2,29,32)(H,30,34)/t14-,23?/m0/s1. The van der Waals surface area contributed by atoms with Crippen molar-refractivity contribution in [2.24, 2.45) is 11.1 Å². The third kappa shape index (κ3) is 6.25. The van der Waals surface area contributed by atoms with Crippen LogP contribution in [-0.2, 0) is 16.0 Å². The molecule has 7 nitrogen and oxygen atoms in total. The van der Waals surface area contributed by atoms with E-state index in [4.69, 9.17) is 22.1 Å². The second-order valence-electron chi connectivity index (χ2n) is 8.72. The van der Waals surface area contributed by atoms with Gasteiger partial charge in [0.25, 0.3) is 5.91 Å². The van der Waals surface area contributed by atoms with E-state index in [1.54, 1.807) is 31.2 Å². The molecular weight excluding hydrogens is 487 g/mol. The Bertz CT molecular complexity index is 1140. The van der Waals surface area contributed by atoms with Crippen molar-refractivity contribution in [3.05, 3.63) is 58.6 Å². The number of amides is 3. The summed E-state index contributed by atoms with van der Waals surface area (Å²) in [6.45, 7) is 1.92. The normalized spacial score (nSPS) is 18.7. The predicted octanol–water partition coefficient (Wildman–Crippen LogP) is 3.87. The summed E-state index contributed by atoms with van der Waals surface area (Å²) in [5.74, 6) is -1.62. The number of benzene rings is 2. The number of alkyl halides is 3. The summed E-state index contributed by atoms with van der Waals surface area (Å²) in [7, 11) is 0. The number of rotatable bonds is 6. The lowest BCUT2D eigenvalue weighted by Crippen LogP contribution is -2.49. The molecule has 11 heteroatoms. The van der Waals surface area contributed by atoms with Crippen molar-refractivity contribution in [1.82, 2.24) is 5.32 Å². The maximum atomic E-state index is 13.5. The molecule has 0 spiro atoms. The van der Waals surface area contributed by atoms with E-state index in [1.165, 1.54) is 24.0 Å². The molecule has 3 amide bonds. The zero-order valence-electron chi connectivity index (χ0n) is 19.1. The van der Waals surface area contributed by atoms with Crippen LogP contribution in [0.2, 0.25) is 5.02 Å². The fraction of sp³-hybridized carbons (Fsp3) is 0.375. The number of anilines is 1. The van der Waals surface area contributed by atoms with Gasteiger partial charge in [-0.1, -0.05) is 36.7 Å². The zero-order valence-corrected chi connectivity index (χ0v) is 19.9. The summed E-state index contributed by atoms with van der Waals surface area (Å²) >= 11 is 6.24. The van der Waals surface area contributed by atoms with Gasteiger partial charge in [0.15, 0.2) is 6.61 Å². The molecule has 1 aliphatic heterocycles. The van der Waals surface area contributed by atoms with Gasteiger partial charge in [0.05, 0.1) is 16.0 Å². The lowest BCUT2D eigenvalue weighted by molar-refractivity contribution is -0.153. The van der Waals surface area contributed by atoms with Gasteiger partial charge in [0.1, 0.15) is 11.8 Å². The van der Waals surface area contributed by atoms with E-state index in [2.05, 4.69) is 5.32 Å². The summed E-state index contributed by atoms with van der Waals surface area (Å²) in [5.41, 5.74) is 5.74. The lowest BCUT2D eigenvalue weighted by atomic mass is 9.80. The molecule has 0 radical (unpaired) electrons. The highest BCUT2D eigenvalue weighted by Crippen LogP contribution is 2.38. The van der Waals surface area contributed by atoms with Gasteiger partial charge in [-0.05, 0) is 49.6 Å². The second kappa shape index (κ2) is 10.2. The Kier molecular flexibility index (Phi) is 7.64. The van der Waals surface area contributed by atoms with Crippen molar-refractivity contribution < 1.29 is 32.3 Å². The van der Waals surface area contributed by atoms with Gasteiger partial charge >= 0.3 is 6.18 Å². The smallest absolute Gasteiger partial charge is 0.422 e. The van der Waals surface area contributed by atoms with E-state index in [9.17, 15) is 27.6 Å². The SMILES string of the molecule is C[C@H](NC(=O)C1(C)CCN(C(=O)c2ccc(OCC(F)(F)F)cc2Cl)c2ccccc2C1)C(N)=O. The number of primary amides is 1. The molecule has 1 unspecified atom stereocenters. The van der Waals surface area contributed by atoms with Gasteiger partial charge < -0.3 is 20.7 Å². The van der Waals surface area contributed by atoms with Gasteiger partial charge in [-0.15, -0.1) is 0 Å². The number of nitrogens with one attached hydrogen (secondary N) is 1. The fourth-order valence-corrected chi connectivity index (χ4v) is 4.08. The lowest BCUT2D eigenvalue weighted by Gasteiger charge is -2.28. The van der Waals surface area contributed by atoms with E-state index in [0.29, 0.717) is 12.1 Å². The number of para-hydroxylation sites is 1. The topological polar surface area (TPSA) is 102 Å². The van der Waals surface area contributed by atoms with Crippen LogP contribution in [0.3, 0.4) is 0 Å². The highest BCUT2D eigenvalue weighted by atomic mass is 35.5. The van der Waals surface area contributed by atoms with E-state index in [0.717, 1.165) is 11.6 Å². The minimum Gasteiger partial charge on any atom is -0.484 e. The number of hydrogen-bond acceptors (Lipinski definition) is 4. The van der Waals surface area contributed by atoms with E-state index < -0.39 is 36.1 Å². The first-order valence-electron chi connectivity index (χ1n) is 10.8. The molecule has 0 saturated carbocycles. The highest BCUT2D eigenvalue weighted by Gasteiger charge is 2.39. The third-order valence-corrected chi connectivity index (χ3v) is 6.20. The monoisotopic (exact) mass is 511 g/mol. The van der Waals surface area contributed by atoms with Crippen LogP contribution in [0.25, 0.3) is 0 Å². The maximum Gasteiger partial charge on any atom is 0.422 e. The number of nitrogens with two attached hydrogens (primary N) is 1. The summed E-state index contributed by atoms with van der Waals surface area (Å²) in [6.07, 6.45) is -3.93. The highest BCUT2D eigenvalue weighted by molar-refractivity contribution is 6.34. The number of nitrogens with zero attached hydrogens (tertiary/aromatic N) is 1. The molecule has 0 fully saturated rings. The predicted molar refractivity (Wildman–Crippen MR) is 124 cm³/mol. The van der Waals surface area contributed by atoms with Crippen LogP contribution < -0.4 is 20.7 Å². The van der Waals surface area contributed by atoms with Crippen LogP contribution in [0.4, 0.5) is 18.9 Å². The minimum absolute atomic E-state index is 0.0628. The Morgan fingerprint density at radius 1 is 1.23 bits per heavy atom. The van der Waals surface area contributed by atoms with Crippen LogP contribution in [0.5, 0.6) is 5.75 Å². The van der Waals surface area contributed by atoms with Gasteiger partial charge in [0.2, 0.25) is 11.8 Å². The fourth-order valence-electron chi connectivity index (χ4n) is 3.83. The maximum absolute atomic E-state index is 13.5. The Balaban J connectivity index is 1.88. The van der Waals surface area contributed by atoms with Crippen molar-refractivity contribution in [2.75, 3.05) is 18.1 Å². The van der Waals surface area contributed by atoms with Crippen LogP contribution in [0.1, 0.15) is 36.2 Å². The van der Waals surface area contributed by atoms with Gasteiger partial charge in [-0.3, -0.25) is 14.4 Å². The molecule has 0 aromatic heterocycles. The van der Waals surface area contributed by atoms with Gasteiger partial charge in [-0.25, -0.2) is 0 Å². The number of hydrogen-bond donors (Lipinski definition) is 2. The number of fused-ring (bicyclic) bond motifs is 1. The van der Waals surface area contributed by atoms with Gasteiger partial charge in [0, 0.05) is 12.2 Å². The van der Waals surface area contributed by atoms with Crippen LogP contribution in [-0.4, -0.2) is 43.1 Å². The molecule has 0 aliphatic carbocycles. The average molecular weight is 512 g/mol. The largest absolute Gasteiger partial charge is 0.484 e. The number of halogens is 4. The first-order valence-corrected chi connectivity index (χ1v) is 11.2. The molecule has 0 bridgehead atoms. The molecular formula is C24H25ClF3N3O4. The van der Waals surface area contributed by atoms with Crippen molar-refractivity contribution in [3.8, 4) is 5.75 Å². The number of ether oxygens (including phenoxy) is 1. The van der Waals surface area contributed by atoms with Crippen molar-refractivity contribution in [3.63, 3.8) is 0 Å². The Morgan fingerprint density at radius 2 is 1.91 bits per heavy atom.